The van der Waals surface area contributed by atoms with Gasteiger partial charge in [-0.3, -0.25) is 4.99 Å². The van der Waals surface area contributed by atoms with Crippen LogP contribution in [0.4, 0.5) is 5.69 Å². The van der Waals surface area contributed by atoms with Crippen molar-refractivity contribution in [3.05, 3.63) is 84.4 Å². The summed E-state index contributed by atoms with van der Waals surface area (Å²) in [5, 5.41) is 10.3. The van der Waals surface area contributed by atoms with Gasteiger partial charge in [0, 0.05) is 11.8 Å². The van der Waals surface area contributed by atoms with Crippen molar-refractivity contribution in [3.8, 4) is 17.2 Å². The third-order valence-electron chi connectivity index (χ3n) is 3.11. The second-order valence-corrected chi connectivity index (χ2v) is 12.7. The minimum atomic E-state index is 0.0750. The molecular weight excluding hydrogens is 482 g/mol. The zero-order chi connectivity index (χ0) is 17.9. The number of aromatic hydroxyl groups is 1. The van der Waals surface area contributed by atoms with Crippen molar-refractivity contribution in [3.63, 3.8) is 0 Å². The Bertz CT molecular complexity index is 799. The zero-order valence-corrected chi connectivity index (χ0v) is 17.9. The average Bonchev–Trinajstić information content (AvgIpc) is 2.65. The summed E-state index contributed by atoms with van der Waals surface area (Å²) in [5.41, 5.74) is 1.44. The number of halogens is 2. The number of ether oxygens (including phenoxy) is 1. The molecule has 0 amide bonds. The summed E-state index contributed by atoms with van der Waals surface area (Å²) >= 11 is 6.50. The predicted octanol–water partition coefficient (Wildman–Crippen LogP) is 6.62. The number of phenolic OH excluding ortho intramolecular Hbond substituents is 1. The average molecular weight is 497 g/mol. The van der Waals surface area contributed by atoms with E-state index in [0.717, 1.165) is 5.69 Å². The molecule has 0 aromatic heterocycles. The molecule has 25 heavy (non-hydrogen) atoms. The molecule has 0 saturated heterocycles. The van der Waals surface area contributed by atoms with Crippen molar-refractivity contribution < 1.29 is 24.8 Å². The third kappa shape index (κ3) is 6.79. The summed E-state index contributed by atoms with van der Waals surface area (Å²) in [6.45, 7) is 0. The molecule has 0 aliphatic heterocycles. The Labute approximate surface area is 168 Å². The van der Waals surface area contributed by atoms with Crippen molar-refractivity contribution in [1.29, 1.82) is 0 Å². The maximum absolute atomic E-state index is 10.3. The van der Waals surface area contributed by atoms with Crippen LogP contribution in [0.5, 0.6) is 17.2 Å². The van der Waals surface area contributed by atoms with E-state index in [1.807, 2.05) is 66.7 Å². The van der Waals surface area contributed by atoms with Crippen LogP contribution < -0.4 is 4.74 Å². The Balaban J connectivity index is 0.000000701. The number of para-hydroxylation sites is 3. The molecule has 3 rings (SSSR count). The van der Waals surface area contributed by atoms with Gasteiger partial charge in [0.1, 0.15) is 5.75 Å². The molecule has 3 aromatic carbocycles. The second kappa shape index (κ2) is 11.3. The third-order valence-corrected chi connectivity index (χ3v) is 3.11. The molecule has 0 aliphatic carbocycles. The number of hydrogen-bond acceptors (Lipinski definition) is 3. The van der Waals surface area contributed by atoms with E-state index in [-0.39, 0.29) is 20.7 Å². The van der Waals surface area contributed by atoms with Crippen molar-refractivity contribution in [2.75, 3.05) is 0 Å². The molecule has 0 radical (unpaired) electrons. The number of benzene rings is 3. The molecular formula is C19H15Br2NO2Ti. The fraction of sp³-hybridized carbons (Fsp3) is 0. The van der Waals surface area contributed by atoms with E-state index >= 15 is 0 Å². The van der Waals surface area contributed by atoms with Gasteiger partial charge in [-0.05, 0) is 36.4 Å². The summed E-state index contributed by atoms with van der Waals surface area (Å²) in [6, 6.07) is 24.3. The van der Waals surface area contributed by atoms with Gasteiger partial charge in [-0.25, -0.2) is 0 Å². The first kappa shape index (κ1) is 19.9. The van der Waals surface area contributed by atoms with Crippen LogP contribution in [0.1, 0.15) is 5.56 Å². The molecule has 0 unspecified atom stereocenters. The Morgan fingerprint density at radius 3 is 2.08 bits per heavy atom. The molecule has 1 N–H and O–H groups in total. The van der Waals surface area contributed by atoms with Gasteiger partial charge in [-0.1, -0.05) is 42.5 Å². The van der Waals surface area contributed by atoms with E-state index in [1.54, 1.807) is 18.3 Å². The SMILES string of the molecule is Oc1c(C=Nc2ccccc2)cccc1Oc1ccccc1.[Br][Ti][Br]. The minimum absolute atomic E-state index is 0.0750. The Kier molecular flexibility index (Phi) is 8.98. The fourth-order valence-electron chi connectivity index (χ4n) is 2.00. The van der Waals surface area contributed by atoms with E-state index < -0.39 is 0 Å². The first-order chi connectivity index (χ1) is 12.2. The van der Waals surface area contributed by atoms with Crippen molar-refractivity contribution in [2.24, 2.45) is 4.99 Å². The molecule has 0 atom stereocenters. The van der Waals surface area contributed by atoms with Crippen molar-refractivity contribution in [1.82, 2.24) is 0 Å². The number of hydrogen-bond donors (Lipinski definition) is 1. The standard InChI is InChI=1S/C19H15NO2.2BrH.Ti/c21-19-15(14-20-16-9-3-1-4-10-16)8-7-13-18(19)22-17-11-5-2-6-12-17;;;/h1-14,21H;2*1H;/q;;;+2/p-2. The first-order valence-electron chi connectivity index (χ1n) is 7.35. The van der Waals surface area contributed by atoms with E-state index in [9.17, 15) is 5.11 Å². The second-order valence-electron chi connectivity index (χ2n) is 4.77. The molecule has 0 bridgehead atoms. The van der Waals surface area contributed by atoms with Crippen LogP contribution in [-0.4, -0.2) is 11.3 Å². The maximum atomic E-state index is 10.3. The van der Waals surface area contributed by atoms with E-state index in [2.05, 4.69) is 31.3 Å². The molecule has 0 saturated carbocycles. The van der Waals surface area contributed by atoms with Gasteiger partial charge in [0.15, 0.2) is 11.5 Å². The van der Waals surface area contributed by atoms with Crippen LogP contribution >= 0.6 is 26.3 Å². The van der Waals surface area contributed by atoms with E-state index in [0.29, 0.717) is 17.1 Å². The molecule has 0 aliphatic rings. The number of aliphatic imine (C=N–C) groups is 1. The molecule has 0 spiro atoms. The summed E-state index contributed by atoms with van der Waals surface area (Å²) in [4.78, 5) is 4.34. The number of nitrogens with zero attached hydrogens (tertiary/aromatic N) is 1. The van der Waals surface area contributed by atoms with Crippen LogP contribution in [0.2, 0.25) is 0 Å². The van der Waals surface area contributed by atoms with Gasteiger partial charge in [-0.15, -0.1) is 0 Å². The molecule has 0 heterocycles. The molecule has 126 valence electrons. The molecule has 3 nitrogen and oxygen atoms in total. The van der Waals surface area contributed by atoms with Gasteiger partial charge >= 0.3 is 41.3 Å². The van der Waals surface area contributed by atoms with Crippen LogP contribution in [0.3, 0.4) is 0 Å². The van der Waals surface area contributed by atoms with E-state index in [4.69, 9.17) is 4.74 Å². The van der Waals surface area contributed by atoms with Gasteiger partial charge in [0.25, 0.3) is 0 Å². The molecule has 3 aromatic rings. The van der Waals surface area contributed by atoms with Crippen LogP contribution in [0.25, 0.3) is 0 Å². The van der Waals surface area contributed by atoms with Gasteiger partial charge < -0.3 is 9.84 Å². The monoisotopic (exact) mass is 495 g/mol. The summed E-state index contributed by atoms with van der Waals surface area (Å²) in [6.07, 6.45) is 1.63. The topological polar surface area (TPSA) is 41.8 Å². The number of rotatable bonds is 4. The van der Waals surface area contributed by atoms with E-state index in [1.165, 1.54) is 0 Å². The van der Waals surface area contributed by atoms with Crippen molar-refractivity contribution >= 4 is 38.2 Å². The molecule has 0 fully saturated rings. The predicted molar refractivity (Wildman–Crippen MR) is 106 cm³/mol. The quantitative estimate of drug-likeness (QED) is 0.325. The van der Waals surface area contributed by atoms with Gasteiger partial charge in [0.05, 0.1) is 5.69 Å². The summed E-state index contributed by atoms with van der Waals surface area (Å²) in [7, 11) is 0. The Morgan fingerprint density at radius 2 is 1.44 bits per heavy atom. The number of phenols is 1. The molecule has 6 heteroatoms. The Morgan fingerprint density at radius 1 is 0.840 bits per heavy atom. The fourth-order valence-corrected chi connectivity index (χ4v) is 2.00. The Hall–Kier alpha value is -1.40. The van der Waals surface area contributed by atoms with Crippen LogP contribution in [0.15, 0.2) is 83.9 Å². The van der Waals surface area contributed by atoms with Crippen molar-refractivity contribution in [2.45, 2.75) is 0 Å². The summed E-state index contributed by atoms with van der Waals surface area (Å²) in [5.74, 6) is 1.16. The first-order valence-corrected chi connectivity index (χ1v) is 15.1. The van der Waals surface area contributed by atoms with Crippen LogP contribution in [0, 0.1) is 0 Å². The van der Waals surface area contributed by atoms with Gasteiger partial charge in [0.2, 0.25) is 0 Å². The summed E-state index contributed by atoms with van der Waals surface area (Å²) < 4.78 is 5.69. The van der Waals surface area contributed by atoms with Gasteiger partial charge in [-0.2, -0.15) is 0 Å². The zero-order valence-electron chi connectivity index (χ0n) is 13.1. The normalized spacial score (nSPS) is 10.0. The van der Waals surface area contributed by atoms with Crippen LogP contribution in [-0.2, 0) is 15.0 Å².